The molecule has 4 heterocycles. The lowest BCUT2D eigenvalue weighted by molar-refractivity contribution is -0.127. The van der Waals surface area contributed by atoms with Gasteiger partial charge in [0, 0.05) is 44.5 Å². The fourth-order valence-corrected chi connectivity index (χ4v) is 4.73. The van der Waals surface area contributed by atoms with Gasteiger partial charge in [0.05, 0.1) is 30.8 Å². The van der Waals surface area contributed by atoms with E-state index < -0.39 is 6.09 Å². The fraction of sp³-hybridized carbons (Fsp3) is 0.400. The molecular formula is C25H29N7O4. The zero-order valence-corrected chi connectivity index (χ0v) is 20.2. The SMILES string of the molecule is C=CC(=O)N1CCC(n2ncc3c(N4CCOCC4)nc(-c4ccc(N(C)C(=O)O)cc4)nc32)CC1. The van der Waals surface area contributed by atoms with Gasteiger partial charge in [-0.15, -0.1) is 0 Å². The molecule has 0 unspecified atom stereocenters. The van der Waals surface area contributed by atoms with Crippen LogP contribution in [0.4, 0.5) is 16.3 Å². The van der Waals surface area contributed by atoms with E-state index in [1.165, 1.54) is 13.1 Å². The summed E-state index contributed by atoms with van der Waals surface area (Å²) in [6.07, 6.45) is 3.71. The molecule has 0 radical (unpaired) electrons. The van der Waals surface area contributed by atoms with Crippen molar-refractivity contribution in [2.75, 3.05) is 56.2 Å². The van der Waals surface area contributed by atoms with Gasteiger partial charge in [0.1, 0.15) is 5.82 Å². The van der Waals surface area contributed by atoms with Crippen molar-refractivity contribution in [3.05, 3.63) is 43.1 Å². The number of aromatic nitrogens is 4. The normalized spacial score (nSPS) is 16.8. The van der Waals surface area contributed by atoms with Crippen LogP contribution in [-0.4, -0.2) is 88.2 Å². The lowest BCUT2D eigenvalue weighted by Gasteiger charge is -2.31. The number of hydrogen-bond acceptors (Lipinski definition) is 7. The zero-order valence-electron chi connectivity index (χ0n) is 20.2. The number of likely N-dealkylation sites (tertiary alicyclic amines) is 1. The summed E-state index contributed by atoms with van der Waals surface area (Å²) in [5.41, 5.74) is 2.10. The van der Waals surface area contributed by atoms with Crippen molar-refractivity contribution in [1.82, 2.24) is 24.6 Å². The van der Waals surface area contributed by atoms with Gasteiger partial charge in [-0.3, -0.25) is 9.69 Å². The highest BCUT2D eigenvalue weighted by atomic mass is 16.5. The summed E-state index contributed by atoms with van der Waals surface area (Å²) in [7, 11) is 1.50. The zero-order chi connectivity index (χ0) is 25.2. The number of fused-ring (bicyclic) bond motifs is 1. The predicted octanol–water partition coefficient (Wildman–Crippen LogP) is 2.79. The summed E-state index contributed by atoms with van der Waals surface area (Å²) in [5, 5.41) is 14.9. The first-order chi connectivity index (χ1) is 17.5. The Morgan fingerprint density at radius 2 is 1.81 bits per heavy atom. The van der Waals surface area contributed by atoms with Gasteiger partial charge >= 0.3 is 6.09 Å². The minimum atomic E-state index is -1.03. The van der Waals surface area contributed by atoms with Crippen molar-refractivity contribution in [3.8, 4) is 11.4 Å². The van der Waals surface area contributed by atoms with Crippen LogP contribution in [0.25, 0.3) is 22.4 Å². The number of carbonyl (C=O) groups excluding carboxylic acids is 1. The van der Waals surface area contributed by atoms with E-state index in [0.717, 1.165) is 53.2 Å². The van der Waals surface area contributed by atoms with Crippen molar-refractivity contribution in [3.63, 3.8) is 0 Å². The van der Waals surface area contributed by atoms with Crippen LogP contribution in [0, 0.1) is 0 Å². The molecule has 36 heavy (non-hydrogen) atoms. The van der Waals surface area contributed by atoms with Crippen LogP contribution in [0.5, 0.6) is 0 Å². The van der Waals surface area contributed by atoms with Crippen molar-refractivity contribution in [2.45, 2.75) is 18.9 Å². The quantitative estimate of drug-likeness (QED) is 0.542. The van der Waals surface area contributed by atoms with Crippen molar-refractivity contribution in [2.24, 2.45) is 0 Å². The summed E-state index contributed by atoms with van der Waals surface area (Å²) in [6, 6.07) is 7.27. The maximum atomic E-state index is 12.0. The van der Waals surface area contributed by atoms with E-state index >= 15 is 0 Å². The molecule has 0 bridgehead atoms. The monoisotopic (exact) mass is 491 g/mol. The Bertz CT molecular complexity index is 1280. The van der Waals surface area contributed by atoms with E-state index in [1.807, 2.05) is 27.9 Å². The summed E-state index contributed by atoms with van der Waals surface area (Å²) in [4.78, 5) is 38.3. The van der Waals surface area contributed by atoms with Crippen LogP contribution in [0.3, 0.4) is 0 Å². The van der Waals surface area contributed by atoms with Crippen LogP contribution in [-0.2, 0) is 9.53 Å². The van der Waals surface area contributed by atoms with E-state index in [0.29, 0.717) is 37.8 Å². The maximum Gasteiger partial charge on any atom is 0.411 e. The third-order valence-corrected chi connectivity index (χ3v) is 6.84. The molecule has 2 saturated heterocycles. The number of rotatable bonds is 5. The number of carbonyl (C=O) groups is 2. The molecule has 188 valence electrons. The predicted molar refractivity (Wildman–Crippen MR) is 135 cm³/mol. The lowest BCUT2D eigenvalue weighted by atomic mass is 10.1. The topological polar surface area (TPSA) is 117 Å². The minimum Gasteiger partial charge on any atom is -0.465 e. The van der Waals surface area contributed by atoms with E-state index in [1.54, 1.807) is 12.1 Å². The van der Waals surface area contributed by atoms with Crippen molar-refractivity contribution < 1.29 is 19.4 Å². The maximum absolute atomic E-state index is 12.0. The highest BCUT2D eigenvalue weighted by Crippen LogP contribution is 2.32. The molecule has 11 heteroatoms. The first-order valence-corrected chi connectivity index (χ1v) is 12.0. The lowest BCUT2D eigenvalue weighted by Crippen LogP contribution is -2.38. The molecule has 1 aromatic carbocycles. The Labute approximate surface area is 208 Å². The molecule has 0 spiro atoms. The Morgan fingerprint density at radius 1 is 1.11 bits per heavy atom. The van der Waals surface area contributed by atoms with Gasteiger partial charge in [0.2, 0.25) is 5.91 Å². The second-order valence-electron chi connectivity index (χ2n) is 8.95. The Hall–Kier alpha value is -3.99. The molecule has 5 rings (SSSR count). The largest absolute Gasteiger partial charge is 0.465 e. The molecule has 3 aromatic rings. The number of ether oxygens (including phenoxy) is 1. The summed E-state index contributed by atoms with van der Waals surface area (Å²) >= 11 is 0. The molecular weight excluding hydrogens is 462 g/mol. The van der Waals surface area contributed by atoms with Gasteiger partial charge < -0.3 is 19.6 Å². The molecule has 2 aliphatic heterocycles. The van der Waals surface area contributed by atoms with Crippen LogP contribution in [0.15, 0.2) is 43.1 Å². The Balaban J connectivity index is 1.53. The van der Waals surface area contributed by atoms with Crippen LogP contribution >= 0.6 is 0 Å². The molecule has 2 aromatic heterocycles. The van der Waals surface area contributed by atoms with Gasteiger partial charge in [0.25, 0.3) is 0 Å². The molecule has 2 aliphatic rings. The average molecular weight is 492 g/mol. The van der Waals surface area contributed by atoms with E-state index in [-0.39, 0.29) is 11.9 Å². The molecule has 11 nitrogen and oxygen atoms in total. The van der Waals surface area contributed by atoms with Gasteiger partial charge in [-0.2, -0.15) is 5.10 Å². The number of benzene rings is 1. The van der Waals surface area contributed by atoms with Crippen LogP contribution < -0.4 is 9.80 Å². The third-order valence-electron chi connectivity index (χ3n) is 6.84. The summed E-state index contributed by atoms with van der Waals surface area (Å²) < 4.78 is 7.51. The van der Waals surface area contributed by atoms with Gasteiger partial charge in [-0.1, -0.05) is 6.58 Å². The van der Waals surface area contributed by atoms with E-state index in [9.17, 15) is 14.7 Å². The summed E-state index contributed by atoms with van der Waals surface area (Å²) in [5.74, 6) is 1.32. The molecule has 0 aliphatic carbocycles. The number of hydrogen-bond donors (Lipinski definition) is 1. The standard InChI is InChI=1S/C25H29N7O4/c1-3-21(33)30-10-8-19(9-11-30)32-24-20(16-26-32)23(31-12-14-36-15-13-31)27-22(28-24)17-4-6-18(7-5-17)29(2)25(34)35/h3-7,16,19H,1,8-15H2,2H3,(H,34,35). The summed E-state index contributed by atoms with van der Waals surface area (Å²) in [6.45, 7) is 7.57. The minimum absolute atomic E-state index is 0.0463. The highest BCUT2D eigenvalue weighted by molar-refractivity contribution is 5.90. The second kappa shape index (κ2) is 9.94. The molecule has 0 atom stereocenters. The number of amides is 2. The number of piperidine rings is 1. The van der Waals surface area contributed by atoms with Gasteiger partial charge in [0.15, 0.2) is 11.5 Å². The number of anilines is 2. The number of nitrogens with zero attached hydrogens (tertiary/aromatic N) is 7. The fourth-order valence-electron chi connectivity index (χ4n) is 4.73. The Morgan fingerprint density at radius 3 is 2.44 bits per heavy atom. The van der Waals surface area contributed by atoms with Gasteiger partial charge in [-0.05, 0) is 43.2 Å². The molecule has 2 fully saturated rings. The average Bonchev–Trinajstić information content (AvgIpc) is 3.36. The highest BCUT2D eigenvalue weighted by Gasteiger charge is 2.27. The second-order valence-corrected chi connectivity index (χ2v) is 8.95. The Kier molecular flexibility index (Phi) is 6.55. The van der Waals surface area contributed by atoms with Crippen LogP contribution in [0.2, 0.25) is 0 Å². The first-order valence-electron chi connectivity index (χ1n) is 12.0. The van der Waals surface area contributed by atoms with Crippen molar-refractivity contribution >= 4 is 34.5 Å². The molecule has 2 amide bonds. The third kappa shape index (κ3) is 4.49. The molecule has 1 N–H and O–H groups in total. The van der Waals surface area contributed by atoms with Crippen molar-refractivity contribution in [1.29, 1.82) is 0 Å². The first kappa shape index (κ1) is 23.7. The smallest absolute Gasteiger partial charge is 0.411 e. The number of morpholine rings is 1. The van der Waals surface area contributed by atoms with Crippen LogP contribution in [0.1, 0.15) is 18.9 Å². The van der Waals surface area contributed by atoms with Gasteiger partial charge in [-0.25, -0.2) is 19.4 Å². The van der Waals surface area contributed by atoms with E-state index in [2.05, 4.69) is 11.5 Å². The van der Waals surface area contributed by atoms with E-state index in [4.69, 9.17) is 19.8 Å². The molecule has 0 saturated carbocycles. The number of carboxylic acid groups (broad SMARTS) is 1.